The average molecular weight is 242 g/mol. The van der Waals surface area contributed by atoms with Gasteiger partial charge in [0.15, 0.2) is 0 Å². The molecule has 1 unspecified atom stereocenters. The number of hydrogen-bond acceptors (Lipinski definition) is 4. The second kappa shape index (κ2) is 5.04. The van der Waals surface area contributed by atoms with Gasteiger partial charge in [0.05, 0.1) is 25.1 Å². The molecule has 1 rings (SSSR count). The zero-order chi connectivity index (χ0) is 13.2. The van der Waals surface area contributed by atoms with Gasteiger partial charge in [-0.05, 0) is 27.7 Å². The highest BCUT2D eigenvalue weighted by Gasteiger charge is 2.41. The van der Waals surface area contributed by atoms with E-state index in [-0.39, 0.29) is 29.9 Å². The zero-order valence-corrected chi connectivity index (χ0v) is 11.2. The Morgan fingerprint density at radius 3 is 2.65 bits per heavy atom. The van der Waals surface area contributed by atoms with Gasteiger partial charge in [0.25, 0.3) is 0 Å². The Balaban J connectivity index is 2.81. The van der Waals surface area contributed by atoms with E-state index in [0.29, 0.717) is 6.54 Å². The summed E-state index contributed by atoms with van der Waals surface area (Å²) in [5, 5.41) is 3.12. The van der Waals surface area contributed by atoms with E-state index >= 15 is 0 Å². The van der Waals surface area contributed by atoms with E-state index < -0.39 is 6.04 Å². The highest BCUT2D eigenvalue weighted by Crippen LogP contribution is 2.23. The molecule has 0 bridgehead atoms. The van der Waals surface area contributed by atoms with Crippen molar-refractivity contribution in [3.8, 4) is 0 Å². The van der Waals surface area contributed by atoms with Crippen molar-refractivity contribution in [1.29, 1.82) is 0 Å². The van der Waals surface area contributed by atoms with Crippen molar-refractivity contribution in [3.63, 3.8) is 0 Å². The number of ether oxygens (including phenoxy) is 1. The molecule has 1 aliphatic rings. The maximum atomic E-state index is 12.3. The molecule has 98 valence electrons. The van der Waals surface area contributed by atoms with Crippen LogP contribution in [-0.4, -0.2) is 48.1 Å². The Bertz CT molecular complexity index is 313. The highest BCUT2D eigenvalue weighted by atomic mass is 16.5. The van der Waals surface area contributed by atoms with Crippen LogP contribution in [-0.2, 0) is 14.3 Å². The van der Waals surface area contributed by atoms with E-state index in [4.69, 9.17) is 0 Å². The largest absolute Gasteiger partial charge is 0.469 e. The summed E-state index contributed by atoms with van der Waals surface area (Å²) in [6.45, 7) is 8.69. The number of methoxy groups -OCH3 is 1. The summed E-state index contributed by atoms with van der Waals surface area (Å²) in [7, 11) is 1.33. The van der Waals surface area contributed by atoms with Crippen LogP contribution in [0.3, 0.4) is 0 Å². The van der Waals surface area contributed by atoms with Gasteiger partial charge in [-0.3, -0.25) is 9.59 Å². The van der Waals surface area contributed by atoms with Crippen LogP contribution < -0.4 is 5.32 Å². The number of carbonyl (C=O) groups excluding carboxylic acids is 2. The number of carbonyl (C=O) groups is 2. The maximum absolute atomic E-state index is 12.3. The van der Waals surface area contributed by atoms with Crippen molar-refractivity contribution in [2.75, 3.05) is 13.7 Å². The molecule has 0 aromatic heterocycles. The Morgan fingerprint density at radius 2 is 2.18 bits per heavy atom. The lowest BCUT2D eigenvalue weighted by Crippen LogP contribution is -2.67. The first-order valence-electron chi connectivity index (χ1n) is 5.93. The number of piperazine rings is 1. The van der Waals surface area contributed by atoms with Crippen molar-refractivity contribution in [3.05, 3.63) is 0 Å². The second-order valence-corrected chi connectivity index (χ2v) is 5.33. The minimum atomic E-state index is -0.460. The molecule has 1 atom stereocenters. The third kappa shape index (κ3) is 2.97. The van der Waals surface area contributed by atoms with Crippen molar-refractivity contribution >= 4 is 11.9 Å². The Hall–Kier alpha value is -1.10. The predicted octanol–water partition coefficient (Wildman–Crippen LogP) is 0.537. The summed E-state index contributed by atoms with van der Waals surface area (Å²) < 4.78 is 4.60. The van der Waals surface area contributed by atoms with E-state index in [1.807, 2.05) is 32.6 Å². The van der Waals surface area contributed by atoms with Crippen molar-refractivity contribution in [2.45, 2.75) is 51.7 Å². The summed E-state index contributed by atoms with van der Waals surface area (Å²) >= 11 is 0. The van der Waals surface area contributed by atoms with Gasteiger partial charge >= 0.3 is 5.97 Å². The first-order valence-corrected chi connectivity index (χ1v) is 5.93. The molecule has 5 heteroatoms. The summed E-state index contributed by atoms with van der Waals surface area (Å²) in [5.74, 6) is -0.388. The van der Waals surface area contributed by atoms with Crippen LogP contribution in [0.2, 0.25) is 0 Å². The maximum Gasteiger partial charge on any atom is 0.307 e. The molecule has 1 N–H and O–H groups in total. The lowest BCUT2D eigenvalue weighted by Gasteiger charge is -2.47. The molecule has 0 radical (unpaired) electrons. The lowest BCUT2D eigenvalue weighted by atomic mass is 9.94. The number of nitrogens with zero attached hydrogens (tertiary/aromatic N) is 1. The van der Waals surface area contributed by atoms with Crippen LogP contribution in [0.5, 0.6) is 0 Å². The van der Waals surface area contributed by atoms with Crippen LogP contribution >= 0.6 is 0 Å². The first-order chi connectivity index (χ1) is 7.79. The third-order valence-corrected chi connectivity index (χ3v) is 3.08. The molecule has 0 aliphatic carbocycles. The Morgan fingerprint density at radius 1 is 1.59 bits per heavy atom. The number of esters is 1. The number of rotatable bonds is 3. The molecule has 0 aromatic carbocycles. The quantitative estimate of drug-likeness (QED) is 0.734. The van der Waals surface area contributed by atoms with Crippen molar-refractivity contribution in [2.24, 2.45) is 0 Å². The molecule has 0 saturated carbocycles. The van der Waals surface area contributed by atoms with Gasteiger partial charge in [-0.15, -0.1) is 0 Å². The smallest absolute Gasteiger partial charge is 0.307 e. The van der Waals surface area contributed by atoms with Crippen LogP contribution in [0.25, 0.3) is 0 Å². The van der Waals surface area contributed by atoms with Gasteiger partial charge in [-0.1, -0.05) is 0 Å². The lowest BCUT2D eigenvalue weighted by molar-refractivity contribution is -0.151. The molecular formula is C12H22N2O3. The topological polar surface area (TPSA) is 58.6 Å². The standard InChI is InChI=1S/C12H22N2O3/c1-8(2)14-11(16)9(6-10(15)17-5)13-7-12(14,3)4/h8-9,13H,6-7H2,1-5H3. The van der Waals surface area contributed by atoms with Crippen molar-refractivity contribution < 1.29 is 14.3 Å². The molecule has 1 aliphatic heterocycles. The van der Waals surface area contributed by atoms with E-state index in [1.54, 1.807) is 0 Å². The Kier molecular flexibility index (Phi) is 4.14. The van der Waals surface area contributed by atoms with Crippen molar-refractivity contribution in [1.82, 2.24) is 10.2 Å². The molecule has 0 aromatic rings. The van der Waals surface area contributed by atoms with E-state index in [2.05, 4.69) is 10.1 Å². The SMILES string of the molecule is COC(=O)CC1NCC(C)(C)N(C(C)C)C1=O. The van der Waals surface area contributed by atoms with Gasteiger partial charge in [-0.2, -0.15) is 0 Å². The fraction of sp³-hybridized carbons (Fsp3) is 0.833. The molecule has 0 spiro atoms. The second-order valence-electron chi connectivity index (χ2n) is 5.33. The molecule has 1 saturated heterocycles. The predicted molar refractivity (Wildman–Crippen MR) is 64.5 cm³/mol. The third-order valence-electron chi connectivity index (χ3n) is 3.08. The van der Waals surface area contributed by atoms with Crippen LogP contribution in [0.15, 0.2) is 0 Å². The summed E-state index contributed by atoms with van der Waals surface area (Å²) in [5.41, 5.74) is -0.224. The monoisotopic (exact) mass is 242 g/mol. The molecule has 17 heavy (non-hydrogen) atoms. The van der Waals surface area contributed by atoms with E-state index in [0.717, 1.165) is 0 Å². The summed E-state index contributed by atoms with van der Waals surface area (Å²) in [6, 6.07) is -0.336. The minimum absolute atomic E-state index is 0.0262. The van der Waals surface area contributed by atoms with E-state index in [1.165, 1.54) is 7.11 Å². The fourth-order valence-electron chi connectivity index (χ4n) is 2.37. The van der Waals surface area contributed by atoms with Crippen LogP contribution in [0.4, 0.5) is 0 Å². The summed E-state index contributed by atoms with van der Waals surface area (Å²) in [4.78, 5) is 25.4. The Labute approximate surface area is 102 Å². The van der Waals surface area contributed by atoms with Gasteiger partial charge in [-0.25, -0.2) is 0 Å². The highest BCUT2D eigenvalue weighted by molar-refractivity contribution is 5.88. The van der Waals surface area contributed by atoms with Gasteiger partial charge in [0.2, 0.25) is 5.91 Å². The number of amides is 1. The van der Waals surface area contributed by atoms with Gasteiger partial charge in [0.1, 0.15) is 0 Å². The minimum Gasteiger partial charge on any atom is -0.469 e. The summed E-state index contributed by atoms with van der Waals surface area (Å²) in [6.07, 6.45) is 0.0919. The van der Waals surface area contributed by atoms with Crippen LogP contribution in [0.1, 0.15) is 34.1 Å². The molecule has 5 nitrogen and oxygen atoms in total. The zero-order valence-electron chi connectivity index (χ0n) is 11.2. The van der Waals surface area contributed by atoms with Gasteiger partial charge < -0.3 is 15.0 Å². The average Bonchev–Trinajstić information content (AvgIpc) is 2.21. The first kappa shape index (κ1) is 14.0. The number of hydrogen-bond donors (Lipinski definition) is 1. The molecule has 1 fully saturated rings. The molecular weight excluding hydrogens is 220 g/mol. The van der Waals surface area contributed by atoms with Gasteiger partial charge in [0, 0.05) is 12.6 Å². The molecule has 1 amide bonds. The van der Waals surface area contributed by atoms with Crippen LogP contribution in [0, 0.1) is 0 Å². The molecule has 1 heterocycles. The number of nitrogens with one attached hydrogen (secondary N) is 1. The normalized spacial score (nSPS) is 24.0. The van der Waals surface area contributed by atoms with E-state index in [9.17, 15) is 9.59 Å². The fourth-order valence-corrected chi connectivity index (χ4v) is 2.37.